The van der Waals surface area contributed by atoms with Gasteiger partial charge in [-0.3, -0.25) is 0 Å². The molecule has 5 nitrogen and oxygen atoms in total. The molecule has 0 saturated heterocycles. The van der Waals surface area contributed by atoms with E-state index in [2.05, 4.69) is 88.2 Å². The Hall–Kier alpha value is -2.95. The van der Waals surface area contributed by atoms with Crippen molar-refractivity contribution in [1.29, 1.82) is 0 Å². The number of rotatable bonds is 8. The molecule has 0 spiro atoms. The Bertz CT molecular complexity index is 800. The van der Waals surface area contributed by atoms with Gasteiger partial charge in [-0.2, -0.15) is 10.1 Å². The van der Waals surface area contributed by atoms with Crippen molar-refractivity contribution in [2.75, 3.05) is 17.2 Å². The van der Waals surface area contributed by atoms with Crippen molar-refractivity contribution in [3.05, 3.63) is 71.9 Å². The second-order valence-corrected chi connectivity index (χ2v) is 6.58. The summed E-state index contributed by atoms with van der Waals surface area (Å²) in [5, 5.41) is 14.6. The van der Waals surface area contributed by atoms with Crippen LogP contribution in [0.3, 0.4) is 0 Å². The number of nitrogens with one attached hydrogen (secondary N) is 2. The quantitative estimate of drug-likeness (QED) is 0.574. The highest BCUT2D eigenvalue weighted by molar-refractivity contribution is 5.56. The Kier molecular flexibility index (Phi) is 6.14. The van der Waals surface area contributed by atoms with Crippen LogP contribution in [0.1, 0.15) is 37.3 Å². The molecule has 1 heterocycles. The molecule has 1 aromatic heterocycles. The number of hydrogen-bond acceptors (Lipinski definition) is 5. The lowest BCUT2D eigenvalue weighted by Gasteiger charge is -2.09. The van der Waals surface area contributed by atoms with Crippen molar-refractivity contribution < 1.29 is 0 Å². The molecule has 3 rings (SSSR count). The third kappa shape index (κ3) is 5.28. The van der Waals surface area contributed by atoms with Gasteiger partial charge in [-0.1, -0.05) is 56.3 Å². The molecule has 2 N–H and O–H groups in total. The minimum absolute atomic E-state index is 0.524. The van der Waals surface area contributed by atoms with Gasteiger partial charge in [-0.15, -0.1) is 5.10 Å². The number of nitrogens with zero attached hydrogens (tertiary/aromatic N) is 3. The molecular formula is C21H25N5. The molecule has 0 radical (unpaired) electrons. The van der Waals surface area contributed by atoms with E-state index in [0.29, 0.717) is 17.7 Å². The van der Waals surface area contributed by atoms with Crippen LogP contribution >= 0.6 is 0 Å². The van der Waals surface area contributed by atoms with E-state index >= 15 is 0 Å². The van der Waals surface area contributed by atoms with E-state index < -0.39 is 0 Å². The highest BCUT2D eigenvalue weighted by Gasteiger charge is 2.03. The first-order valence-corrected chi connectivity index (χ1v) is 9.05. The molecular weight excluding hydrogens is 322 g/mol. The smallest absolute Gasteiger partial charge is 0.244 e. The van der Waals surface area contributed by atoms with Gasteiger partial charge in [0, 0.05) is 12.2 Å². The van der Waals surface area contributed by atoms with E-state index in [1.165, 1.54) is 11.1 Å². The van der Waals surface area contributed by atoms with Crippen LogP contribution in [0.2, 0.25) is 0 Å². The van der Waals surface area contributed by atoms with Gasteiger partial charge < -0.3 is 10.6 Å². The molecule has 3 aromatic rings. The van der Waals surface area contributed by atoms with Crippen LogP contribution in [0.25, 0.3) is 0 Å². The van der Waals surface area contributed by atoms with Crippen LogP contribution in [0.5, 0.6) is 0 Å². The van der Waals surface area contributed by atoms with Gasteiger partial charge in [-0.05, 0) is 42.0 Å². The number of anilines is 3. The first kappa shape index (κ1) is 17.9. The van der Waals surface area contributed by atoms with Gasteiger partial charge in [0.05, 0.1) is 6.20 Å². The summed E-state index contributed by atoms with van der Waals surface area (Å²) in [5.41, 5.74) is 3.65. The Morgan fingerprint density at radius 1 is 0.962 bits per heavy atom. The van der Waals surface area contributed by atoms with E-state index in [1.54, 1.807) is 6.20 Å². The highest BCUT2D eigenvalue weighted by Crippen LogP contribution is 2.19. The van der Waals surface area contributed by atoms with E-state index in [1.807, 2.05) is 6.07 Å². The molecule has 0 unspecified atom stereocenters. The monoisotopic (exact) mass is 347 g/mol. The predicted octanol–water partition coefficient (Wildman–Crippen LogP) is 4.78. The zero-order valence-electron chi connectivity index (χ0n) is 15.3. The summed E-state index contributed by atoms with van der Waals surface area (Å²) in [4.78, 5) is 4.47. The van der Waals surface area contributed by atoms with Gasteiger partial charge in [0.15, 0.2) is 5.82 Å². The summed E-state index contributed by atoms with van der Waals surface area (Å²) in [6.07, 6.45) is 3.68. The molecule has 0 bridgehead atoms. The third-order valence-corrected chi connectivity index (χ3v) is 4.18. The average Bonchev–Trinajstić information content (AvgIpc) is 2.67. The Labute approximate surface area is 154 Å². The summed E-state index contributed by atoms with van der Waals surface area (Å²) in [5.74, 6) is 1.75. The lowest BCUT2D eigenvalue weighted by molar-refractivity contribution is 0.843. The van der Waals surface area contributed by atoms with Crippen molar-refractivity contribution in [3.8, 4) is 0 Å². The zero-order chi connectivity index (χ0) is 18.2. The maximum atomic E-state index is 4.47. The molecule has 0 aliphatic carbocycles. The van der Waals surface area contributed by atoms with Crippen molar-refractivity contribution in [3.63, 3.8) is 0 Å². The van der Waals surface area contributed by atoms with E-state index in [0.717, 1.165) is 25.1 Å². The summed E-state index contributed by atoms with van der Waals surface area (Å²) in [6.45, 7) is 5.18. The topological polar surface area (TPSA) is 62.7 Å². The lowest BCUT2D eigenvalue weighted by Crippen LogP contribution is -2.08. The Morgan fingerprint density at radius 3 is 2.46 bits per heavy atom. The molecule has 0 saturated carbocycles. The van der Waals surface area contributed by atoms with Gasteiger partial charge in [0.2, 0.25) is 5.95 Å². The summed E-state index contributed by atoms with van der Waals surface area (Å²) in [6, 6.07) is 18.8. The zero-order valence-corrected chi connectivity index (χ0v) is 15.3. The van der Waals surface area contributed by atoms with Crippen LogP contribution in [0.15, 0.2) is 60.8 Å². The van der Waals surface area contributed by atoms with Gasteiger partial charge in [0.25, 0.3) is 0 Å². The molecule has 134 valence electrons. The van der Waals surface area contributed by atoms with E-state index in [9.17, 15) is 0 Å². The third-order valence-electron chi connectivity index (χ3n) is 4.18. The summed E-state index contributed by atoms with van der Waals surface area (Å²) in [7, 11) is 0. The summed E-state index contributed by atoms with van der Waals surface area (Å²) < 4.78 is 0. The molecule has 5 heteroatoms. The fraction of sp³-hybridized carbons (Fsp3) is 0.286. The second-order valence-electron chi connectivity index (χ2n) is 6.58. The Balaban J connectivity index is 1.51. The molecule has 0 fully saturated rings. The fourth-order valence-electron chi connectivity index (χ4n) is 2.68. The van der Waals surface area contributed by atoms with Crippen LogP contribution in [-0.4, -0.2) is 21.7 Å². The standard InChI is InChI=1S/C21H25N5/c1-16(2)18-10-12-19(13-11-18)24-20-15-23-26-21(25-20)22-14-6-9-17-7-4-3-5-8-17/h3-5,7-8,10-13,15-16H,6,9,14H2,1-2H3,(H2,22,24,25,26). The van der Waals surface area contributed by atoms with Crippen LogP contribution in [-0.2, 0) is 6.42 Å². The van der Waals surface area contributed by atoms with Crippen molar-refractivity contribution in [2.45, 2.75) is 32.6 Å². The van der Waals surface area contributed by atoms with Crippen molar-refractivity contribution in [1.82, 2.24) is 15.2 Å². The number of aryl methyl sites for hydroxylation is 1. The van der Waals surface area contributed by atoms with E-state index in [4.69, 9.17) is 0 Å². The predicted molar refractivity (Wildman–Crippen MR) is 107 cm³/mol. The number of hydrogen-bond donors (Lipinski definition) is 2. The van der Waals surface area contributed by atoms with Crippen molar-refractivity contribution >= 4 is 17.5 Å². The largest absolute Gasteiger partial charge is 0.353 e. The molecule has 0 amide bonds. The van der Waals surface area contributed by atoms with Crippen molar-refractivity contribution in [2.24, 2.45) is 0 Å². The highest BCUT2D eigenvalue weighted by atomic mass is 15.3. The van der Waals surface area contributed by atoms with Crippen LogP contribution in [0.4, 0.5) is 17.5 Å². The van der Waals surface area contributed by atoms with Gasteiger partial charge in [-0.25, -0.2) is 0 Å². The van der Waals surface area contributed by atoms with Gasteiger partial charge in [0.1, 0.15) is 0 Å². The molecule has 0 aliphatic heterocycles. The Morgan fingerprint density at radius 2 is 1.73 bits per heavy atom. The summed E-state index contributed by atoms with van der Waals surface area (Å²) >= 11 is 0. The molecule has 26 heavy (non-hydrogen) atoms. The first-order valence-electron chi connectivity index (χ1n) is 9.05. The van der Waals surface area contributed by atoms with Gasteiger partial charge >= 0.3 is 0 Å². The fourth-order valence-corrected chi connectivity index (χ4v) is 2.68. The van der Waals surface area contributed by atoms with Crippen LogP contribution < -0.4 is 10.6 Å². The molecule has 2 aromatic carbocycles. The lowest BCUT2D eigenvalue weighted by atomic mass is 10.0. The maximum Gasteiger partial charge on any atom is 0.244 e. The number of aromatic nitrogens is 3. The first-order chi connectivity index (χ1) is 12.7. The maximum absolute atomic E-state index is 4.47. The number of benzene rings is 2. The van der Waals surface area contributed by atoms with E-state index in [-0.39, 0.29) is 0 Å². The normalized spacial score (nSPS) is 10.7. The average molecular weight is 347 g/mol. The minimum atomic E-state index is 0.524. The molecule has 0 atom stereocenters. The SMILES string of the molecule is CC(C)c1ccc(Nc2cnnc(NCCCc3ccccc3)n2)cc1. The second kappa shape index (κ2) is 8.94. The molecule has 0 aliphatic rings. The minimum Gasteiger partial charge on any atom is -0.353 e. The van der Waals surface area contributed by atoms with Crippen LogP contribution in [0, 0.1) is 0 Å².